The number of imidazole rings is 1. The third-order valence-electron chi connectivity index (χ3n) is 3.42. The molecule has 3 aromatic rings. The van der Waals surface area contributed by atoms with Gasteiger partial charge in [0, 0.05) is 27.2 Å². The van der Waals surface area contributed by atoms with Gasteiger partial charge in [0.2, 0.25) is 0 Å². The highest BCUT2D eigenvalue weighted by Crippen LogP contribution is 2.29. The van der Waals surface area contributed by atoms with E-state index >= 15 is 0 Å². The predicted octanol–water partition coefficient (Wildman–Crippen LogP) is 6.70. The Balaban J connectivity index is 1.92. The summed E-state index contributed by atoms with van der Waals surface area (Å²) >= 11 is 21.6. The second kappa shape index (κ2) is 6.86. The molecule has 0 aliphatic heterocycles. The molecular weight excluding hydrogens is 418 g/mol. The fourth-order valence-electron chi connectivity index (χ4n) is 2.44. The summed E-state index contributed by atoms with van der Waals surface area (Å²) in [6.07, 6.45) is 0.668. The molecule has 0 aliphatic rings. The summed E-state index contributed by atoms with van der Waals surface area (Å²) in [5, 5.41) is 1.75. The Labute approximate surface area is 157 Å². The Morgan fingerprint density at radius 2 is 1.83 bits per heavy atom. The smallest absolute Gasteiger partial charge is 0.111 e. The summed E-state index contributed by atoms with van der Waals surface area (Å²) in [6.45, 7) is 1.99. The van der Waals surface area contributed by atoms with Crippen molar-refractivity contribution in [1.29, 1.82) is 0 Å². The number of halogens is 4. The number of rotatable bonds is 3. The van der Waals surface area contributed by atoms with E-state index in [0.717, 1.165) is 32.8 Å². The van der Waals surface area contributed by atoms with Gasteiger partial charge in [0.15, 0.2) is 0 Å². The molecule has 0 amide bonds. The number of benzene rings is 2. The molecule has 0 fully saturated rings. The van der Waals surface area contributed by atoms with Crippen LogP contribution in [-0.2, 0) is 6.42 Å². The van der Waals surface area contributed by atoms with Crippen molar-refractivity contribution in [2.24, 2.45) is 0 Å². The van der Waals surface area contributed by atoms with Gasteiger partial charge in [-0.1, -0.05) is 56.8 Å². The Kier molecular flexibility index (Phi) is 5.02. The first-order valence-electron chi connectivity index (χ1n) is 6.88. The minimum Gasteiger partial charge on any atom is -0.345 e. The topological polar surface area (TPSA) is 28.7 Å². The van der Waals surface area contributed by atoms with E-state index in [1.807, 2.05) is 37.3 Å². The lowest BCUT2D eigenvalue weighted by Crippen LogP contribution is -1.91. The zero-order valence-corrected chi connectivity index (χ0v) is 16.0. The second-order valence-electron chi connectivity index (χ2n) is 5.24. The van der Waals surface area contributed by atoms with E-state index in [2.05, 4.69) is 25.9 Å². The molecular formula is C17H12BrCl3N2. The number of aromatic nitrogens is 2. The lowest BCUT2D eigenvalue weighted by Gasteiger charge is -2.02. The van der Waals surface area contributed by atoms with E-state index in [1.165, 1.54) is 0 Å². The van der Waals surface area contributed by atoms with Crippen LogP contribution in [0.2, 0.25) is 15.1 Å². The highest BCUT2D eigenvalue weighted by Gasteiger charge is 2.11. The summed E-state index contributed by atoms with van der Waals surface area (Å²) in [5.41, 5.74) is 3.88. The first-order chi connectivity index (χ1) is 10.9. The van der Waals surface area contributed by atoms with Crippen molar-refractivity contribution in [3.63, 3.8) is 0 Å². The minimum absolute atomic E-state index is 0.520. The van der Waals surface area contributed by atoms with Gasteiger partial charge in [-0.15, -0.1) is 0 Å². The van der Waals surface area contributed by atoms with E-state index in [9.17, 15) is 0 Å². The highest BCUT2D eigenvalue weighted by atomic mass is 79.9. The zero-order valence-electron chi connectivity index (χ0n) is 12.1. The second-order valence-corrected chi connectivity index (χ2v) is 7.41. The number of aryl methyl sites for hydroxylation is 1. The molecule has 0 unspecified atom stereocenters. The van der Waals surface area contributed by atoms with Crippen LogP contribution in [0, 0.1) is 6.92 Å². The normalized spacial score (nSPS) is 11.0. The van der Waals surface area contributed by atoms with E-state index in [0.29, 0.717) is 21.5 Å². The average Bonchev–Trinajstić information content (AvgIpc) is 2.81. The lowest BCUT2D eigenvalue weighted by molar-refractivity contribution is 1.02. The molecule has 118 valence electrons. The van der Waals surface area contributed by atoms with Gasteiger partial charge in [0.25, 0.3) is 0 Å². The maximum atomic E-state index is 6.10. The molecule has 1 aromatic heterocycles. The standard InChI is InChI=1S/C17H12BrCl3N2/c1-9-17(11-2-3-14(20)15(21)7-11)23-16(22-9)6-10-4-12(18)8-13(19)5-10/h2-5,7-8H,6H2,1H3,(H,22,23). The molecule has 0 spiro atoms. The zero-order chi connectivity index (χ0) is 16.6. The van der Waals surface area contributed by atoms with Crippen LogP contribution in [0.25, 0.3) is 11.3 Å². The minimum atomic E-state index is 0.520. The molecule has 2 aromatic carbocycles. The fraction of sp³-hybridized carbons (Fsp3) is 0.118. The van der Waals surface area contributed by atoms with Crippen molar-refractivity contribution < 1.29 is 0 Å². The number of aromatic amines is 1. The van der Waals surface area contributed by atoms with Crippen molar-refractivity contribution in [3.8, 4) is 11.3 Å². The Hall–Kier alpha value is -1.000. The van der Waals surface area contributed by atoms with Crippen LogP contribution in [0.15, 0.2) is 40.9 Å². The van der Waals surface area contributed by atoms with E-state index in [4.69, 9.17) is 34.8 Å². The average molecular weight is 431 g/mol. The van der Waals surface area contributed by atoms with Crippen molar-refractivity contribution in [2.75, 3.05) is 0 Å². The van der Waals surface area contributed by atoms with Gasteiger partial charge in [-0.2, -0.15) is 0 Å². The van der Waals surface area contributed by atoms with Gasteiger partial charge in [0.1, 0.15) is 5.82 Å². The number of hydrogen-bond donors (Lipinski definition) is 1. The third-order valence-corrected chi connectivity index (χ3v) is 4.84. The van der Waals surface area contributed by atoms with Crippen molar-refractivity contribution in [2.45, 2.75) is 13.3 Å². The van der Waals surface area contributed by atoms with Crippen molar-refractivity contribution >= 4 is 50.7 Å². The molecule has 2 nitrogen and oxygen atoms in total. The van der Waals surface area contributed by atoms with Crippen LogP contribution >= 0.6 is 50.7 Å². The van der Waals surface area contributed by atoms with E-state index in [-0.39, 0.29) is 0 Å². The van der Waals surface area contributed by atoms with E-state index < -0.39 is 0 Å². The van der Waals surface area contributed by atoms with Crippen LogP contribution in [0.5, 0.6) is 0 Å². The summed E-state index contributed by atoms with van der Waals surface area (Å²) < 4.78 is 0.952. The van der Waals surface area contributed by atoms with Crippen molar-refractivity contribution in [3.05, 3.63) is 73.0 Å². The third kappa shape index (κ3) is 3.92. The molecule has 0 aliphatic carbocycles. The number of nitrogens with one attached hydrogen (secondary N) is 1. The Morgan fingerprint density at radius 3 is 2.52 bits per heavy atom. The predicted molar refractivity (Wildman–Crippen MR) is 101 cm³/mol. The maximum absolute atomic E-state index is 6.10. The van der Waals surface area contributed by atoms with Gasteiger partial charge < -0.3 is 4.98 Å². The van der Waals surface area contributed by atoms with Crippen LogP contribution in [0.1, 0.15) is 17.1 Å². The molecule has 6 heteroatoms. The Morgan fingerprint density at radius 1 is 1.04 bits per heavy atom. The highest BCUT2D eigenvalue weighted by molar-refractivity contribution is 9.10. The quantitative estimate of drug-likeness (QED) is 0.492. The van der Waals surface area contributed by atoms with Gasteiger partial charge in [-0.05, 0) is 42.8 Å². The first-order valence-corrected chi connectivity index (χ1v) is 8.81. The molecule has 0 saturated heterocycles. The summed E-state index contributed by atoms with van der Waals surface area (Å²) in [7, 11) is 0. The van der Waals surface area contributed by atoms with Crippen molar-refractivity contribution in [1.82, 2.24) is 9.97 Å². The maximum Gasteiger partial charge on any atom is 0.111 e. The fourth-order valence-corrected chi connectivity index (χ4v) is 3.67. The van der Waals surface area contributed by atoms with Crippen LogP contribution in [0.4, 0.5) is 0 Å². The monoisotopic (exact) mass is 428 g/mol. The largest absolute Gasteiger partial charge is 0.345 e. The molecule has 0 saturated carbocycles. The number of hydrogen-bond acceptors (Lipinski definition) is 1. The van der Waals surface area contributed by atoms with Gasteiger partial charge in [0.05, 0.1) is 15.7 Å². The van der Waals surface area contributed by atoms with Crippen LogP contribution in [0.3, 0.4) is 0 Å². The Bertz CT molecular complexity index is 854. The number of H-pyrrole nitrogens is 1. The molecule has 0 bridgehead atoms. The first kappa shape index (κ1) is 16.8. The number of nitrogens with zero attached hydrogens (tertiary/aromatic N) is 1. The van der Waals surface area contributed by atoms with Crippen LogP contribution < -0.4 is 0 Å². The molecule has 0 radical (unpaired) electrons. The molecule has 0 atom stereocenters. The molecule has 1 heterocycles. The summed E-state index contributed by atoms with van der Waals surface area (Å²) in [4.78, 5) is 8.01. The van der Waals surface area contributed by atoms with E-state index in [1.54, 1.807) is 6.07 Å². The SMILES string of the molecule is Cc1[nH]c(Cc2cc(Cl)cc(Br)c2)nc1-c1ccc(Cl)c(Cl)c1. The molecule has 3 rings (SSSR count). The molecule has 23 heavy (non-hydrogen) atoms. The molecule has 1 N–H and O–H groups in total. The van der Waals surface area contributed by atoms with Gasteiger partial charge >= 0.3 is 0 Å². The van der Waals surface area contributed by atoms with Gasteiger partial charge in [-0.3, -0.25) is 0 Å². The lowest BCUT2D eigenvalue weighted by atomic mass is 10.1. The summed E-state index contributed by atoms with van der Waals surface area (Å²) in [6, 6.07) is 11.3. The van der Waals surface area contributed by atoms with Gasteiger partial charge in [-0.25, -0.2) is 4.98 Å². The van der Waals surface area contributed by atoms with Crippen LogP contribution in [-0.4, -0.2) is 9.97 Å². The summed E-state index contributed by atoms with van der Waals surface area (Å²) in [5.74, 6) is 0.873.